The van der Waals surface area contributed by atoms with Crippen LogP contribution in [0.1, 0.15) is 29.9 Å². The van der Waals surface area contributed by atoms with Crippen LogP contribution in [0, 0.1) is 5.41 Å². The van der Waals surface area contributed by atoms with Gasteiger partial charge in [-0.15, -0.1) is 11.3 Å². The maximum atomic E-state index is 11.9. The number of hydrogen-bond donors (Lipinski definition) is 2. The summed E-state index contributed by atoms with van der Waals surface area (Å²) in [6.45, 7) is 4.19. The van der Waals surface area contributed by atoms with Crippen molar-refractivity contribution < 1.29 is 4.79 Å². The van der Waals surface area contributed by atoms with Gasteiger partial charge in [-0.05, 0) is 34.5 Å². The molecule has 0 spiro atoms. The van der Waals surface area contributed by atoms with Gasteiger partial charge in [0.15, 0.2) is 0 Å². The number of rotatable bonds is 2. The number of nitrogens with one attached hydrogen (secondary N) is 1. The maximum absolute atomic E-state index is 11.9. The summed E-state index contributed by atoms with van der Waals surface area (Å²) in [6, 6.07) is 4.09. The highest BCUT2D eigenvalue weighted by molar-refractivity contribution is 9.11. The summed E-state index contributed by atoms with van der Waals surface area (Å²) in [5, 5.41) is 3.04. The van der Waals surface area contributed by atoms with Crippen molar-refractivity contribution in [2.24, 2.45) is 11.1 Å². The van der Waals surface area contributed by atoms with Gasteiger partial charge >= 0.3 is 0 Å². The first-order valence-corrected chi connectivity index (χ1v) is 6.84. The minimum absolute atomic E-state index is 0.000625. The topological polar surface area (TPSA) is 55.1 Å². The lowest BCUT2D eigenvalue weighted by Gasteiger charge is -2.50. The van der Waals surface area contributed by atoms with Crippen LogP contribution in [0.15, 0.2) is 15.9 Å². The van der Waals surface area contributed by atoms with Gasteiger partial charge in [-0.2, -0.15) is 0 Å². The molecule has 2 rings (SSSR count). The lowest BCUT2D eigenvalue weighted by molar-refractivity contribution is 0.0589. The van der Waals surface area contributed by atoms with E-state index < -0.39 is 0 Å². The molecule has 5 heteroatoms. The van der Waals surface area contributed by atoms with E-state index in [1.165, 1.54) is 11.3 Å². The molecule has 0 aromatic carbocycles. The van der Waals surface area contributed by atoms with Crippen LogP contribution >= 0.6 is 27.3 Å². The Labute approximate surface area is 108 Å². The fraction of sp³-hybridized carbons (Fsp3) is 0.545. The van der Waals surface area contributed by atoms with Gasteiger partial charge in [-0.1, -0.05) is 13.8 Å². The third-order valence-corrected chi connectivity index (χ3v) is 5.07. The van der Waals surface area contributed by atoms with Gasteiger partial charge < -0.3 is 11.1 Å². The van der Waals surface area contributed by atoms with Gasteiger partial charge in [0.05, 0.1) is 8.66 Å². The highest BCUT2D eigenvalue weighted by atomic mass is 79.9. The van der Waals surface area contributed by atoms with E-state index in [0.29, 0.717) is 0 Å². The Kier molecular flexibility index (Phi) is 3.11. The molecule has 0 unspecified atom stereocenters. The van der Waals surface area contributed by atoms with Crippen molar-refractivity contribution in [1.29, 1.82) is 0 Å². The van der Waals surface area contributed by atoms with Crippen LogP contribution in [0.2, 0.25) is 0 Å². The monoisotopic (exact) mass is 302 g/mol. The fourth-order valence-electron chi connectivity index (χ4n) is 1.87. The van der Waals surface area contributed by atoms with E-state index in [2.05, 4.69) is 35.1 Å². The molecule has 1 saturated carbocycles. The summed E-state index contributed by atoms with van der Waals surface area (Å²) in [4.78, 5) is 12.6. The normalized spacial score (nSPS) is 27.2. The average molecular weight is 303 g/mol. The Morgan fingerprint density at radius 3 is 2.75 bits per heavy atom. The van der Waals surface area contributed by atoms with Crippen molar-refractivity contribution in [3.05, 3.63) is 20.8 Å². The molecule has 0 aliphatic heterocycles. The molecule has 2 atom stereocenters. The van der Waals surface area contributed by atoms with E-state index >= 15 is 0 Å². The first kappa shape index (κ1) is 12.1. The third kappa shape index (κ3) is 2.04. The van der Waals surface area contributed by atoms with Gasteiger partial charge in [0.25, 0.3) is 5.91 Å². The predicted molar refractivity (Wildman–Crippen MR) is 69.6 cm³/mol. The van der Waals surface area contributed by atoms with Gasteiger partial charge in [-0.25, -0.2) is 0 Å². The second-order valence-electron chi connectivity index (χ2n) is 4.79. The zero-order valence-electron chi connectivity index (χ0n) is 9.29. The Hall–Kier alpha value is -0.390. The second-order valence-corrected chi connectivity index (χ2v) is 7.26. The minimum atomic E-state index is 0.000625. The van der Waals surface area contributed by atoms with E-state index in [-0.39, 0.29) is 23.4 Å². The fourth-order valence-corrected chi connectivity index (χ4v) is 3.16. The number of nitrogens with two attached hydrogens (primary N) is 1. The standard InChI is InChI=1S/C11H15BrN2OS/c1-11(2)7(13)5-8(11)14-10(15)6-3-4-9(12)16-6/h3-4,7-8H,5,13H2,1-2H3,(H,14,15)/t7-,8+/m1/s1. The summed E-state index contributed by atoms with van der Waals surface area (Å²) >= 11 is 4.79. The van der Waals surface area contributed by atoms with Crippen molar-refractivity contribution >= 4 is 33.2 Å². The van der Waals surface area contributed by atoms with Crippen molar-refractivity contribution in [2.75, 3.05) is 0 Å². The van der Waals surface area contributed by atoms with E-state index in [1.807, 2.05) is 12.1 Å². The summed E-state index contributed by atoms with van der Waals surface area (Å²) in [7, 11) is 0. The first-order chi connectivity index (χ1) is 7.41. The zero-order chi connectivity index (χ0) is 11.9. The Bertz CT molecular complexity index is 416. The first-order valence-electron chi connectivity index (χ1n) is 5.23. The van der Waals surface area contributed by atoms with Crippen molar-refractivity contribution in [2.45, 2.75) is 32.4 Å². The second kappa shape index (κ2) is 4.13. The number of halogens is 1. The van der Waals surface area contributed by atoms with Gasteiger partial charge in [0.1, 0.15) is 0 Å². The molecule has 1 amide bonds. The van der Waals surface area contributed by atoms with Crippen LogP contribution in [0.25, 0.3) is 0 Å². The largest absolute Gasteiger partial charge is 0.348 e. The molecule has 0 bridgehead atoms. The zero-order valence-corrected chi connectivity index (χ0v) is 11.7. The average Bonchev–Trinajstić information content (AvgIpc) is 2.64. The molecular weight excluding hydrogens is 288 g/mol. The number of carbonyl (C=O) groups excluding carboxylic acids is 1. The molecule has 1 heterocycles. The van der Waals surface area contributed by atoms with Crippen LogP contribution in [0.5, 0.6) is 0 Å². The molecule has 1 aliphatic rings. The summed E-state index contributed by atoms with van der Waals surface area (Å²) < 4.78 is 0.974. The van der Waals surface area contributed by atoms with Crippen molar-refractivity contribution in [1.82, 2.24) is 5.32 Å². The van der Waals surface area contributed by atoms with Crippen molar-refractivity contribution in [3.8, 4) is 0 Å². The van der Waals surface area contributed by atoms with E-state index in [0.717, 1.165) is 15.1 Å². The molecule has 3 nitrogen and oxygen atoms in total. The molecule has 88 valence electrons. The van der Waals surface area contributed by atoms with Crippen molar-refractivity contribution in [3.63, 3.8) is 0 Å². The lowest BCUT2D eigenvalue weighted by atomic mass is 9.63. The number of amides is 1. The molecule has 16 heavy (non-hydrogen) atoms. The predicted octanol–water partition coefficient (Wildman–Crippen LogP) is 2.37. The molecule has 0 radical (unpaired) electrons. The van der Waals surface area contributed by atoms with Crippen LogP contribution < -0.4 is 11.1 Å². The Morgan fingerprint density at radius 1 is 1.62 bits per heavy atom. The van der Waals surface area contributed by atoms with E-state index in [1.54, 1.807) is 0 Å². The molecule has 0 saturated heterocycles. The highest BCUT2D eigenvalue weighted by Gasteiger charge is 2.46. The summed E-state index contributed by atoms with van der Waals surface area (Å²) in [6.07, 6.45) is 0.866. The van der Waals surface area contributed by atoms with Crippen LogP contribution in [0.4, 0.5) is 0 Å². The Morgan fingerprint density at radius 2 is 2.31 bits per heavy atom. The number of thiophene rings is 1. The highest BCUT2D eigenvalue weighted by Crippen LogP contribution is 2.39. The molecular formula is C11H15BrN2OS. The lowest BCUT2D eigenvalue weighted by Crippen LogP contribution is -2.64. The smallest absolute Gasteiger partial charge is 0.261 e. The number of carbonyl (C=O) groups is 1. The number of hydrogen-bond acceptors (Lipinski definition) is 3. The molecule has 1 aromatic rings. The Balaban J connectivity index is 1.99. The van der Waals surface area contributed by atoms with Gasteiger partial charge in [0.2, 0.25) is 0 Å². The van der Waals surface area contributed by atoms with E-state index in [4.69, 9.17) is 5.73 Å². The van der Waals surface area contributed by atoms with Crippen LogP contribution in [-0.4, -0.2) is 18.0 Å². The summed E-state index contributed by atoms with van der Waals surface area (Å²) in [5.41, 5.74) is 5.91. The molecule has 1 fully saturated rings. The molecule has 1 aliphatic carbocycles. The van der Waals surface area contributed by atoms with Gasteiger partial charge in [-0.3, -0.25) is 4.79 Å². The molecule has 3 N–H and O–H groups in total. The van der Waals surface area contributed by atoms with Gasteiger partial charge in [0, 0.05) is 17.5 Å². The SMILES string of the molecule is CC1(C)[C@H](N)C[C@@H]1NC(=O)c1ccc(Br)s1. The quantitative estimate of drug-likeness (QED) is 0.881. The van der Waals surface area contributed by atoms with E-state index in [9.17, 15) is 4.79 Å². The summed E-state index contributed by atoms with van der Waals surface area (Å²) in [5.74, 6) is 0.000625. The molecule has 1 aromatic heterocycles. The maximum Gasteiger partial charge on any atom is 0.261 e. The minimum Gasteiger partial charge on any atom is -0.348 e. The van der Waals surface area contributed by atoms with Crippen LogP contribution in [0.3, 0.4) is 0 Å². The van der Waals surface area contributed by atoms with Crippen LogP contribution in [-0.2, 0) is 0 Å². The third-order valence-electron chi connectivity index (χ3n) is 3.45.